The first-order chi connectivity index (χ1) is 8.06. The number of nitrogens with two attached hydrogens (primary N) is 1. The van der Waals surface area contributed by atoms with Crippen molar-refractivity contribution in [2.24, 2.45) is 5.73 Å². The van der Waals surface area contributed by atoms with Crippen molar-refractivity contribution in [3.63, 3.8) is 0 Å². The Morgan fingerprint density at radius 3 is 2.94 bits per heavy atom. The number of aryl methyl sites for hydroxylation is 1. The Balaban J connectivity index is 2.00. The molecule has 92 valence electrons. The molecule has 1 aromatic rings. The Hall–Kier alpha value is -1.26. The lowest BCUT2D eigenvalue weighted by Crippen LogP contribution is -2.35. The molecule has 1 atom stereocenters. The molecular weight excluding hydrogens is 238 g/mol. The summed E-state index contributed by atoms with van der Waals surface area (Å²) in [5, 5.41) is 3.47. The van der Waals surface area contributed by atoms with Crippen molar-refractivity contribution in [3.05, 3.63) is 28.8 Å². The third kappa shape index (κ3) is 2.90. The first-order valence-corrected chi connectivity index (χ1v) is 6.01. The summed E-state index contributed by atoms with van der Waals surface area (Å²) in [5.41, 5.74) is 7.46. The highest BCUT2D eigenvalue weighted by molar-refractivity contribution is 6.31. The van der Waals surface area contributed by atoms with Gasteiger partial charge in [-0.25, -0.2) is 4.79 Å². The SMILES string of the molecule is Cc1ccc(NC(=O)N2CC[C@@H](N)C2)cc1Cl. The summed E-state index contributed by atoms with van der Waals surface area (Å²) in [7, 11) is 0. The van der Waals surface area contributed by atoms with E-state index in [1.54, 1.807) is 11.0 Å². The summed E-state index contributed by atoms with van der Waals surface area (Å²) >= 11 is 6.00. The van der Waals surface area contributed by atoms with E-state index in [4.69, 9.17) is 17.3 Å². The second-order valence-electron chi connectivity index (χ2n) is 4.39. The van der Waals surface area contributed by atoms with Gasteiger partial charge in [-0.1, -0.05) is 17.7 Å². The van der Waals surface area contributed by atoms with Crippen LogP contribution in [0, 0.1) is 6.92 Å². The number of nitrogens with one attached hydrogen (secondary N) is 1. The Morgan fingerprint density at radius 2 is 2.35 bits per heavy atom. The third-order valence-electron chi connectivity index (χ3n) is 2.94. The molecule has 1 saturated heterocycles. The Morgan fingerprint density at radius 1 is 1.59 bits per heavy atom. The predicted octanol–water partition coefficient (Wildman–Crippen LogP) is 2.21. The van der Waals surface area contributed by atoms with Crippen LogP contribution in [-0.2, 0) is 0 Å². The largest absolute Gasteiger partial charge is 0.326 e. The van der Waals surface area contributed by atoms with E-state index in [2.05, 4.69) is 5.32 Å². The average Bonchev–Trinajstić information content (AvgIpc) is 2.70. The maximum absolute atomic E-state index is 11.9. The molecule has 0 spiro atoms. The summed E-state index contributed by atoms with van der Waals surface area (Å²) in [4.78, 5) is 13.6. The minimum absolute atomic E-state index is 0.0994. The molecule has 4 nitrogen and oxygen atoms in total. The number of anilines is 1. The van der Waals surface area contributed by atoms with Gasteiger partial charge in [-0.05, 0) is 31.0 Å². The molecule has 1 aliphatic rings. The van der Waals surface area contributed by atoms with Crippen LogP contribution in [0.1, 0.15) is 12.0 Å². The molecule has 2 amide bonds. The normalized spacial score (nSPS) is 19.5. The van der Waals surface area contributed by atoms with E-state index in [0.717, 1.165) is 12.0 Å². The molecule has 0 saturated carbocycles. The van der Waals surface area contributed by atoms with E-state index in [9.17, 15) is 4.79 Å². The Labute approximate surface area is 106 Å². The maximum Gasteiger partial charge on any atom is 0.321 e. The van der Waals surface area contributed by atoms with Crippen LogP contribution in [0.3, 0.4) is 0 Å². The van der Waals surface area contributed by atoms with Crippen LogP contribution in [-0.4, -0.2) is 30.1 Å². The van der Waals surface area contributed by atoms with Crippen molar-refractivity contribution >= 4 is 23.3 Å². The molecule has 1 fully saturated rings. The lowest BCUT2D eigenvalue weighted by atomic mass is 10.2. The van der Waals surface area contributed by atoms with Crippen molar-refractivity contribution in [3.8, 4) is 0 Å². The highest BCUT2D eigenvalue weighted by Crippen LogP contribution is 2.20. The van der Waals surface area contributed by atoms with E-state index in [1.807, 2.05) is 19.1 Å². The monoisotopic (exact) mass is 253 g/mol. The summed E-state index contributed by atoms with van der Waals surface area (Å²) in [6.45, 7) is 3.26. The molecule has 1 aliphatic heterocycles. The number of carbonyl (C=O) groups is 1. The van der Waals surface area contributed by atoms with Crippen molar-refractivity contribution in [2.45, 2.75) is 19.4 Å². The first-order valence-electron chi connectivity index (χ1n) is 5.64. The Bertz CT molecular complexity index is 436. The van der Waals surface area contributed by atoms with Gasteiger partial charge in [0, 0.05) is 29.8 Å². The van der Waals surface area contributed by atoms with Crippen LogP contribution >= 0.6 is 11.6 Å². The van der Waals surface area contributed by atoms with Gasteiger partial charge in [-0.3, -0.25) is 0 Å². The number of carbonyl (C=O) groups excluding carboxylic acids is 1. The van der Waals surface area contributed by atoms with Crippen molar-refractivity contribution in [2.75, 3.05) is 18.4 Å². The Kier molecular flexibility index (Phi) is 3.54. The van der Waals surface area contributed by atoms with E-state index in [0.29, 0.717) is 23.8 Å². The number of likely N-dealkylation sites (tertiary alicyclic amines) is 1. The quantitative estimate of drug-likeness (QED) is 0.806. The molecule has 17 heavy (non-hydrogen) atoms. The molecule has 0 aromatic heterocycles. The van der Waals surface area contributed by atoms with Crippen LogP contribution in [0.2, 0.25) is 5.02 Å². The predicted molar refractivity (Wildman–Crippen MR) is 69.4 cm³/mol. The summed E-state index contributed by atoms with van der Waals surface area (Å²) in [6, 6.07) is 5.47. The minimum atomic E-state index is -0.113. The second-order valence-corrected chi connectivity index (χ2v) is 4.80. The number of amides is 2. The van der Waals surface area contributed by atoms with Crippen molar-refractivity contribution in [1.29, 1.82) is 0 Å². The molecular formula is C12H16ClN3O. The van der Waals surface area contributed by atoms with Gasteiger partial charge in [0.2, 0.25) is 0 Å². The number of nitrogens with zero attached hydrogens (tertiary/aromatic N) is 1. The van der Waals surface area contributed by atoms with E-state index >= 15 is 0 Å². The van der Waals surface area contributed by atoms with Crippen molar-refractivity contribution in [1.82, 2.24) is 4.90 Å². The van der Waals surface area contributed by atoms with Crippen molar-refractivity contribution < 1.29 is 4.79 Å². The number of hydrogen-bond acceptors (Lipinski definition) is 2. The van der Waals surface area contributed by atoms with E-state index < -0.39 is 0 Å². The maximum atomic E-state index is 11.9. The van der Waals surface area contributed by atoms with Gasteiger partial charge < -0.3 is 16.0 Å². The zero-order chi connectivity index (χ0) is 12.4. The fourth-order valence-electron chi connectivity index (χ4n) is 1.84. The van der Waals surface area contributed by atoms with Gasteiger partial charge >= 0.3 is 6.03 Å². The standard InChI is InChI=1S/C12H16ClN3O/c1-8-2-3-10(6-11(8)13)15-12(17)16-5-4-9(14)7-16/h2-3,6,9H,4-5,7,14H2,1H3,(H,15,17)/t9-/m1/s1. The highest BCUT2D eigenvalue weighted by atomic mass is 35.5. The molecule has 1 aromatic carbocycles. The highest BCUT2D eigenvalue weighted by Gasteiger charge is 2.23. The van der Waals surface area contributed by atoms with Gasteiger partial charge in [0.1, 0.15) is 0 Å². The van der Waals surface area contributed by atoms with Gasteiger partial charge in [-0.2, -0.15) is 0 Å². The molecule has 2 rings (SSSR count). The summed E-state index contributed by atoms with van der Waals surface area (Å²) in [6.07, 6.45) is 0.863. The molecule has 0 aliphatic carbocycles. The molecule has 0 radical (unpaired) electrons. The fraction of sp³-hybridized carbons (Fsp3) is 0.417. The lowest BCUT2D eigenvalue weighted by molar-refractivity contribution is 0.222. The minimum Gasteiger partial charge on any atom is -0.326 e. The van der Waals surface area contributed by atoms with Crippen LogP contribution in [0.4, 0.5) is 10.5 Å². The summed E-state index contributed by atoms with van der Waals surface area (Å²) in [5.74, 6) is 0. The number of benzene rings is 1. The van der Waals surface area contributed by atoms with Gasteiger partial charge in [-0.15, -0.1) is 0 Å². The summed E-state index contributed by atoms with van der Waals surface area (Å²) < 4.78 is 0. The molecule has 3 N–H and O–H groups in total. The zero-order valence-corrected chi connectivity index (χ0v) is 10.5. The molecule has 5 heteroatoms. The fourth-order valence-corrected chi connectivity index (χ4v) is 2.03. The van der Waals surface area contributed by atoms with E-state index in [1.165, 1.54) is 0 Å². The molecule has 1 heterocycles. The van der Waals surface area contributed by atoms with Crippen LogP contribution in [0.15, 0.2) is 18.2 Å². The molecule has 0 bridgehead atoms. The number of rotatable bonds is 1. The van der Waals surface area contributed by atoms with Crippen LogP contribution in [0.5, 0.6) is 0 Å². The lowest BCUT2D eigenvalue weighted by Gasteiger charge is -2.17. The number of hydrogen-bond donors (Lipinski definition) is 2. The van der Waals surface area contributed by atoms with E-state index in [-0.39, 0.29) is 12.1 Å². The van der Waals surface area contributed by atoms with Crippen LogP contribution < -0.4 is 11.1 Å². The average molecular weight is 254 g/mol. The van der Waals surface area contributed by atoms with Gasteiger partial charge in [0.15, 0.2) is 0 Å². The zero-order valence-electron chi connectivity index (χ0n) is 9.74. The van der Waals surface area contributed by atoms with Gasteiger partial charge in [0.25, 0.3) is 0 Å². The second kappa shape index (κ2) is 4.94. The number of urea groups is 1. The third-order valence-corrected chi connectivity index (χ3v) is 3.34. The molecule has 0 unspecified atom stereocenters. The topological polar surface area (TPSA) is 58.4 Å². The smallest absolute Gasteiger partial charge is 0.321 e. The number of halogens is 1. The first kappa shape index (κ1) is 12.2. The van der Waals surface area contributed by atoms with Crippen LogP contribution in [0.25, 0.3) is 0 Å². The van der Waals surface area contributed by atoms with Gasteiger partial charge in [0.05, 0.1) is 0 Å².